The Balaban J connectivity index is 1.70. The van der Waals surface area contributed by atoms with Crippen LogP contribution in [-0.2, 0) is 13.6 Å². The number of rotatable bonds is 4. The van der Waals surface area contributed by atoms with Crippen LogP contribution in [0, 0.1) is 6.92 Å². The highest BCUT2D eigenvalue weighted by atomic mass is 35.5. The van der Waals surface area contributed by atoms with Gasteiger partial charge < -0.3 is 5.32 Å². The van der Waals surface area contributed by atoms with Crippen molar-refractivity contribution in [1.29, 1.82) is 0 Å². The molecule has 3 rings (SSSR count). The van der Waals surface area contributed by atoms with E-state index >= 15 is 0 Å². The van der Waals surface area contributed by atoms with Crippen molar-refractivity contribution in [2.75, 3.05) is 5.32 Å². The lowest BCUT2D eigenvalue weighted by molar-refractivity contribution is 0.102. The second-order valence-corrected chi connectivity index (χ2v) is 6.25. The molecule has 0 aliphatic heterocycles. The molecule has 0 aliphatic carbocycles. The van der Waals surface area contributed by atoms with Gasteiger partial charge in [-0.1, -0.05) is 29.3 Å². The molecule has 8 heteroatoms. The van der Waals surface area contributed by atoms with E-state index in [0.717, 1.165) is 5.56 Å². The van der Waals surface area contributed by atoms with Crippen molar-refractivity contribution >= 4 is 34.8 Å². The number of nitrogens with zero attached hydrogens (tertiary/aromatic N) is 4. The molecule has 2 aromatic heterocycles. The Morgan fingerprint density at radius 3 is 2.71 bits per heavy atom. The molecule has 0 saturated carbocycles. The number of amides is 1. The molecule has 1 N–H and O–H groups in total. The molecule has 124 valence electrons. The number of anilines is 1. The molecular weight excluding hydrogens is 349 g/mol. The number of hydrogen-bond acceptors (Lipinski definition) is 3. The second kappa shape index (κ2) is 6.67. The van der Waals surface area contributed by atoms with Gasteiger partial charge in [0.15, 0.2) is 0 Å². The number of aromatic nitrogens is 4. The zero-order valence-corrected chi connectivity index (χ0v) is 14.6. The van der Waals surface area contributed by atoms with Gasteiger partial charge in [0.1, 0.15) is 0 Å². The Labute approximate surface area is 149 Å². The van der Waals surface area contributed by atoms with Gasteiger partial charge in [-0.2, -0.15) is 10.2 Å². The normalized spacial score (nSPS) is 10.8. The molecular formula is C16H15Cl2N5O. The Bertz CT molecular complexity index is 900. The minimum atomic E-state index is -0.213. The van der Waals surface area contributed by atoms with Crippen molar-refractivity contribution in [1.82, 2.24) is 19.6 Å². The first kappa shape index (κ1) is 16.5. The SMILES string of the molecule is Cc1nn(C)cc1C(=O)Nc1cnn(Cc2ccc(Cl)c(Cl)c2)c1. The minimum Gasteiger partial charge on any atom is -0.319 e. The van der Waals surface area contributed by atoms with Gasteiger partial charge in [-0.25, -0.2) is 0 Å². The molecule has 1 aromatic carbocycles. The van der Waals surface area contributed by atoms with E-state index in [0.29, 0.717) is 33.5 Å². The quantitative estimate of drug-likeness (QED) is 0.770. The van der Waals surface area contributed by atoms with Crippen LogP contribution in [0.5, 0.6) is 0 Å². The Morgan fingerprint density at radius 1 is 1.25 bits per heavy atom. The summed E-state index contributed by atoms with van der Waals surface area (Å²) in [5.41, 5.74) is 2.80. The van der Waals surface area contributed by atoms with Gasteiger partial charge in [-0.05, 0) is 24.6 Å². The maximum absolute atomic E-state index is 12.3. The molecule has 0 unspecified atom stereocenters. The maximum atomic E-state index is 12.3. The molecule has 2 heterocycles. The molecule has 6 nitrogen and oxygen atoms in total. The first-order valence-electron chi connectivity index (χ1n) is 7.20. The summed E-state index contributed by atoms with van der Waals surface area (Å²) < 4.78 is 3.32. The fourth-order valence-electron chi connectivity index (χ4n) is 2.36. The van der Waals surface area contributed by atoms with Crippen molar-refractivity contribution in [2.24, 2.45) is 7.05 Å². The standard InChI is InChI=1S/C16H15Cl2N5O/c1-10-13(9-22(2)21-10)16(24)20-12-6-19-23(8-12)7-11-3-4-14(17)15(18)5-11/h3-6,8-9H,7H2,1-2H3,(H,20,24). The van der Waals surface area contributed by atoms with E-state index in [1.165, 1.54) is 0 Å². The second-order valence-electron chi connectivity index (χ2n) is 5.43. The summed E-state index contributed by atoms with van der Waals surface area (Å²) in [5, 5.41) is 12.2. The van der Waals surface area contributed by atoms with Gasteiger partial charge in [0, 0.05) is 19.4 Å². The molecule has 0 saturated heterocycles. The molecule has 0 spiro atoms. The van der Waals surface area contributed by atoms with E-state index in [-0.39, 0.29) is 5.91 Å². The van der Waals surface area contributed by atoms with Crippen LogP contribution in [0.25, 0.3) is 0 Å². The first-order valence-corrected chi connectivity index (χ1v) is 7.96. The van der Waals surface area contributed by atoms with Crippen molar-refractivity contribution in [3.05, 3.63) is 63.7 Å². The monoisotopic (exact) mass is 363 g/mol. The number of carbonyl (C=O) groups is 1. The van der Waals surface area contributed by atoms with Gasteiger partial charge in [0.25, 0.3) is 5.91 Å². The van der Waals surface area contributed by atoms with Crippen LogP contribution < -0.4 is 5.32 Å². The number of carbonyl (C=O) groups excluding carboxylic acids is 1. The zero-order valence-electron chi connectivity index (χ0n) is 13.1. The lowest BCUT2D eigenvalue weighted by Crippen LogP contribution is -2.12. The number of aryl methyl sites for hydroxylation is 2. The smallest absolute Gasteiger partial charge is 0.259 e. The highest BCUT2D eigenvalue weighted by Gasteiger charge is 2.13. The molecule has 0 fully saturated rings. The van der Waals surface area contributed by atoms with Crippen molar-refractivity contribution in [3.63, 3.8) is 0 Å². The summed E-state index contributed by atoms with van der Waals surface area (Å²) in [7, 11) is 1.78. The lowest BCUT2D eigenvalue weighted by atomic mass is 10.2. The molecule has 0 aliphatic rings. The topological polar surface area (TPSA) is 64.7 Å². The Hall–Kier alpha value is -2.31. The van der Waals surface area contributed by atoms with Gasteiger partial charge in [-0.3, -0.25) is 14.2 Å². The molecule has 24 heavy (non-hydrogen) atoms. The van der Waals surface area contributed by atoms with Crippen LogP contribution in [0.3, 0.4) is 0 Å². The summed E-state index contributed by atoms with van der Waals surface area (Å²) in [6, 6.07) is 5.42. The Morgan fingerprint density at radius 2 is 2.04 bits per heavy atom. The highest BCUT2D eigenvalue weighted by molar-refractivity contribution is 6.42. The molecule has 1 amide bonds. The van der Waals surface area contributed by atoms with Crippen molar-refractivity contribution in [3.8, 4) is 0 Å². The van der Waals surface area contributed by atoms with E-state index in [2.05, 4.69) is 15.5 Å². The van der Waals surface area contributed by atoms with Gasteiger partial charge in [-0.15, -0.1) is 0 Å². The molecule has 0 bridgehead atoms. The third-order valence-corrected chi connectivity index (χ3v) is 4.22. The lowest BCUT2D eigenvalue weighted by Gasteiger charge is -2.04. The summed E-state index contributed by atoms with van der Waals surface area (Å²) in [6.07, 6.45) is 5.04. The van der Waals surface area contributed by atoms with Gasteiger partial charge in [0.05, 0.1) is 39.7 Å². The number of nitrogens with one attached hydrogen (secondary N) is 1. The van der Waals surface area contributed by atoms with Crippen LogP contribution in [-0.4, -0.2) is 25.5 Å². The minimum absolute atomic E-state index is 0.213. The predicted molar refractivity (Wildman–Crippen MR) is 93.7 cm³/mol. The van der Waals surface area contributed by atoms with Crippen LogP contribution in [0.4, 0.5) is 5.69 Å². The highest BCUT2D eigenvalue weighted by Crippen LogP contribution is 2.23. The van der Waals surface area contributed by atoms with Crippen LogP contribution in [0.1, 0.15) is 21.6 Å². The fourth-order valence-corrected chi connectivity index (χ4v) is 2.68. The molecule has 0 atom stereocenters. The van der Waals surface area contributed by atoms with E-state index < -0.39 is 0 Å². The van der Waals surface area contributed by atoms with E-state index in [9.17, 15) is 4.79 Å². The summed E-state index contributed by atoms with van der Waals surface area (Å²) in [6.45, 7) is 2.32. The first-order chi connectivity index (χ1) is 11.4. The average molecular weight is 364 g/mol. The van der Waals surface area contributed by atoms with E-state index in [1.807, 2.05) is 6.07 Å². The average Bonchev–Trinajstić information content (AvgIpc) is 3.09. The third kappa shape index (κ3) is 3.60. The summed E-state index contributed by atoms with van der Waals surface area (Å²) in [4.78, 5) is 12.3. The zero-order chi connectivity index (χ0) is 17.3. The number of benzene rings is 1. The maximum Gasteiger partial charge on any atom is 0.259 e. The van der Waals surface area contributed by atoms with Crippen LogP contribution >= 0.6 is 23.2 Å². The van der Waals surface area contributed by atoms with E-state index in [4.69, 9.17) is 23.2 Å². The largest absolute Gasteiger partial charge is 0.319 e. The summed E-state index contributed by atoms with van der Waals surface area (Å²) in [5.74, 6) is -0.213. The summed E-state index contributed by atoms with van der Waals surface area (Å²) >= 11 is 11.9. The molecule has 3 aromatic rings. The van der Waals surface area contributed by atoms with Crippen LogP contribution in [0.15, 0.2) is 36.8 Å². The third-order valence-electron chi connectivity index (χ3n) is 3.48. The fraction of sp³-hybridized carbons (Fsp3) is 0.188. The van der Waals surface area contributed by atoms with Gasteiger partial charge in [0.2, 0.25) is 0 Å². The predicted octanol–water partition coefficient (Wildman–Crippen LogP) is 3.53. The molecule has 0 radical (unpaired) electrons. The van der Waals surface area contributed by atoms with Crippen molar-refractivity contribution in [2.45, 2.75) is 13.5 Å². The Kier molecular flexibility index (Phi) is 4.59. The number of hydrogen-bond donors (Lipinski definition) is 1. The van der Waals surface area contributed by atoms with Gasteiger partial charge >= 0.3 is 0 Å². The van der Waals surface area contributed by atoms with Crippen molar-refractivity contribution < 1.29 is 4.79 Å². The van der Waals surface area contributed by atoms with E-state index in [1.54, 1.807) is 54.1 Å². The van der Waals surface area contributed by atoms with Crippen LogP contribution in [0.2, 0.25) is 10.0 Å². The number of halogens is 2.